The lowest BCUT2D eigenvalue weighted by atomic mass is 10.1. The largest absolute Gasteiger partial charge is 0.477 e. The van der Waals surface area contributed by atoms with E-state index >= 15 is 0 Å². The maximum Gasteiger partial charge on any atom is 0.352 e. The molecule has 0 bridgehead atoms. The molecule has 7 nitrogen and oxygen atoms in total. The van der Waals surface area contributed by atoms with Crippen molar-refractivity contribution in [1.29, 1.82) is 0 Å². The summed E-state index contributed by atoms with van der Waals surface area (Å²) in [5.74, 6) is -1.80. The van der Waals surface area contributed by atoms with Crippen molar-refractivity contribution in [1.82, 2.24) is 9.36 Å². The van der Waals surface area contributed by atoms with Crippen molar-refractivity contribution in [3.05, 3.63) is 94.0 Å². The van der Waals surface area contributed by atoms with Gasteiger partial charge in [0.2, 0.25) is 0 Å². The van der Waals surface area contributed by atoms with E-state index in [1.165, 1.54) is 4.68 Å². The Bertz CT molecular complexity index is 1110. The maximum atomic E-state index is 12.9. The first kappa shape index (κ1) is 18.9. The molecule has 2 aromatic carbocycles. The van der Waals surface area contributed by atoms with E-state index in [-0.39, 0.29) is 11.4 Å². The Kier molecular flexibility index (Phi) is 5.26. The Hall–Kier alpha value is -3.87. The van der Waals surface area contributed by atoms with Crippen LogP contribution in [0.3, 0.4) is 0 Å². The first-order valence-electron chi connectivity index (χ1n) is 8.55. The molecular weight excluding hydrogens is 358 g/mol. The quantitative estimate of drug-likeness (QED) is 0.509. The summed E-state index contributed by atoms with van der Waals surface area (Å²) in [6, 6.07) is 17.3. The van der Waals surface area contributed by atoms with Crippen LogP contribution in [0.2, 0.25) is 0 Å². The Morgan fingerprint density at radius 2 is 1.57 bits per heavy atom. The van der Waals surface area contributed by atoms with Crippen LogP contribution in [0, 0.1) is 6.92 Å². The highest BCUT2D eigenvalue weighted by molar-refractivity contribution is 6.09. The zero-order valence-corrected chi connectivity index (χ0v) is 15.4. The molecule has 142 valence electrons. The van der Waals surface area contributed by atoms with Gasteiger partial charge in [-0.2, -0.15) is 0 Å². The topological polar surface area (TPSA) is 93.3 Å². The number of hydrogen-bond donors (Lipinski definition) is 2. The number of allylic oxidation sites excluding steroid dienone is 1. The minimum Gasteiger partial charge on any atom is -0.477 e. The third kappa shape index (κ3) is 3.64. The summed E-state index contributed by atoms with van der Waals surface area (Å²) in [5.41, 5.74) is 0.848. The number of nitrogens with zero attached hydrogens (tertiary/aromatic N) is 2. The van der Waals surface area contributed by atoms with Gasteiger partial charge in [0, 0.05) is 18.7 Å². The summed E-state index contributed by atoms with van der Waals surface area (Å²) in [6.07, 6.45) is 0.983. The van der Waals surface area contributed by atoms with Gasteiger partial charge in [0.1, 0.15) is 11.4 Å². The molecule has 28 heavy (non-hydrogen) atoms. The average molecular weight is 377 g/mol. The third-order valence-corrected chi connectivity index (χ3v) is 4.38. The fourth-order valence-corrected chi connectivity index (χ4v) is 2.82. The molecular formula is C21H19N3O4. The van der Waals surface area contributed by atoms with Crippen LogP contribution in [0.25, 0.3) is 5.69 Å². The molecule has 0 saturated heterocycles. The molecule has 0 unspecified atom stereocenters. The van der Waals surface area contributed by atoms with Crippen LogP contribution in [0.4, 0.5) is 5.69 Å². The average Bonchev–Trinajstić information content (AvgIpc) is 2.91. The number of hydrogen-bond acceptors (Lipinski definition) is 4. The Morgan fingerprint density at radius 1 is 1.00 bits per heavy atom. The first-order valence-corrected chi connectivity index (χ1v) is 8.55. The SMILES string of the molecule is Cc1c(N/C(=C/C(=O)c2ccccc2)C(=O)O)c(=O)n(-c2ccccc2)n1C. The molecule has 0 aliphatic heterocycles. The molecule has 3 aromatic rings. The Morgan fingerprint density at radius 3 is 2.14 bits per heavy atom. The second kappa shape index (κ2) is 7.79. The molecule has 0 aliphatic carbocycles. The van der Waals surface area contributed by atoms with Gasteiger partial charge in [-0.3, -0.25) is 14.3 Å². The van der Waals surface area contributed by atoms with Gasteiger partial charge in [0.05, 0.1) is 11.4 Å². The minimum absolute atomic E-state index is 0.0980. The van der Waals surface area contributed by atoms with Gasteiger partial charge >= 0.3 is 5.97 Å². The third-order valence-electron chi connectivity index (χ3n) is 4.38. The number of carbonyl (C=O) groups excluding carboxylic acids is 1. The Balaban J connectivity index is 2.02. The van der Waals surface area contributed by atoms with Gasteiger partial charge in [-0.05, 0) is 19.1 Å². The zero-order valence-electron chi connectivity index (χ0n) is 15.4. The number of nitrogens with one attached hydrogen (secondary N) is 1. The van der Waals surface area contributed by atoms with E-state index in [0.717, 1.165) is 6.08 Å². The highest BCUT2D eigenvalue weighted by atomic mass is 16.4. The molecule has 3 rings (SSSR count). The number of rotatable bonds is 6. The van der Waals surface area contributed by atoms with Crippen molar-refractivity contribution in [2.45, 2.75) is 6.92 Å². The summed E-state index contributed by atoms with van der Waals surface area (Å²) in [4.78, 5) is 36.9. The van der Waals surface area contributed by atoms with Gasteiger partial charge in [-0.15, -0.1) is 0 Å². The van der Waals surface area contributed by atoms with E-state index in [1.54, 1.807) is 73.3 Å². The van der Waals surface area contributed by atoms with Gasteiger partial charge < -0.3 is 10.4 Å². The number of aliphatic carboxylic acids is 1. The van der Waals surface area contributed by atoms with Gasteiger partial charge in [0.25, 0.3) is 5.56 Å². The normalized spacial score (nSPS) is 11.3. The highest BCUT2D eigenvalue weighted by Crippen LogP contribution is 2.16. The molecule has 0 radical (unpaired) electrons. The molecule has 1 aromatic heterocycles. The van der Waals surface area contributed by atoms with E-state index < -0.39 is 17.3 Å². The second-order valence-corrected chi connectivity index (χ2v) is 6.15. The highest BCUT2D eigenvalue weighted by Gasteiger charge is 2.20. The lowest BCUT2D eigenvalue weighted by molar-refractivity contribution is -0.132. The van der Waals surface area contributed by atoms with Crippen molar-refractivity contribution in [2.75, 3.05) is 5.32 Å². The van der Waals surface area contributed by atoms with Crippen molar-refractivity contribution in [3.8, 4) is 5.69 Å². The summed E-state index contributed by atoms with van der Waals surface area (Å²) in [5, 5.41) is 12.1. The molecule has 2 N–H and O–H groups in total. The fraction of sp³-hybridized carbons (Fsp3) is 0.0952. The van der Waals surface area contributed by atoms with E-state index in [0.29, 0.717) is 16.9 Å². The molecule has 7 heteroatoms. The summed E-state index contributed by atoms with van der Waals surface area (Å²) in [7, 11) is 1.70. The molecule has 0 saturated carbocycles. The number of carbonyl (C=O) groups is 2. The van der Waals surface area contributed by atoms with Gasteiger partial charge in [-0.25, -0.2) is 9.48 Å². The fourth-order valence-electron chi connectivity index (χ4n) is 2.82. The van der Waals surface area contributed by atoms with Crippen LogP contribution in [0.1, 0.15) is 16.1 Å². The summed E-state index contributed by atoms with van der Waals surface area (Å²) in [6.45, 7) is 1.70. The van der Waals surface area contributed by atoms with Crippen LogP contribution in [-0.4, -0.2) is 26.2 Å². The zero-order chi connectivity index (χ0) is 20.3. The maximum absolute atomic E-state index is 12.9. The molecule has 0 atom stereocenters. The number of aromatic nitrogens is 2. The van der Waals surface area contributed by atoms with Crippen LogP contribution >= 0.6 is 0 Å². The predicted molar refractivity (Wildman–Crippen MR) is 106 cm³/mol. The number of carboxylic acids is 1. The summed E-state index contributed by atoms with van der Waals surface area (Å²) >= 11 is 0. The summed E-state index contributed by atoms with van der Waals surface area (Å²) < 4.78 is 3.05. The van der Waals surface area contributed by atoms with Crippen LogP contribution < -0.4 is 10.9 Å². The smallest absolute Gasteiger partial charge is 0.352 e. The number of anilines is 1. The van der Waals surface area contributed by atoms with Crippen molar-refractivity contribution < 1.29 is 14.7 Å². The Labute approximate surface area is 161 Å². The van der Waals surface area contributed by atoms with E-state index in [4.69, 9.17) is 0 Å². The van der Waals surface area contributed by atoms with Crippen LogP contribution in [-0.2, 0) is 11.8 Å². The standard InChI is InChI=1S/C21H19N3O4/c1-14-19(20(26)24(23(14)2)16-11-7-4-8-12-16)22-17(21(27)28)13-18(25)15-9-5-3-6-10-15/h3-13,22H,1-2H3,(H,27,28)/b17-13+. The second-order valence-electron chi connectivity index (χ2n) is 6.15. The van der Waals surface area contributed by atoms with Crippen molar-refractivity contribution >= 4 is 17.4 Å². The van der Waals surface area contributed by atoms with Crippen LogP contribution in [0.15, 0.2) is 77.2 Å². The first-order chi connectivity index (χ1) is 13.4. The molecule has 0 aliphatic rings. The molecule has 1 heterocycles. The molecule has 0 amide bonds. The lowest BCUT2D eigenvalue weighted by Crippen LogP contribution is -2.22. The number of benzene rings is 2. The number of carboxylic acid groups (broad SMARTS) is 1. The van der Waals surface area contributed by atoms with E-state index in [1.807, 2.05) is 6.07 Å². The predicted octanol–water partition coefficient (Wildman–Crippen LogP) is 2.75. The number of ketones is 1. The van der Waals surface area contributed by atoms with Crippen molar-refractivity contribution in [2.24, 2.45) is 7.05 Å². The van der Waals surface area contributed by atoms with E-state index in [2.05, 4.69) is 5.32 Å². The van der Waals surface area contributed by atoms with Crippen LogP contribution in [0.5, 0.6) is 0 Å². The molecule has 0 spiro atoms. The molecule has 0 fully saturated rings. The van der Waals surface area contributed by atoms with Gasteiger partial charge in [-0.1, -0.05) is 48.5 Å². The monoisotopic (exact) mass is 377 g/mol. The van der Waals surface area contributed by atoms with Crippen molar-refractivity contribution in [3.63, 3.8) is 0 Å². The van der Waals surface area contributed by atoms with E-state index in [9.17, 15) is 19.5 Å². The van der Waals surface area contributed by atoms with Gasteiger partial charge in [0.15, 0.2) is 5.78 Å². The minimum atomic E-state index is -1.34. The lowest BCUT2D eigenvalue weighted by Gasteiger charge is -2.07. The number of para-hydroxylation sites is 1.